The van der Waals surface area contributed by atoms with Gasteiger partial charge in [0.1, 0.15) is 0 Å². The van der Waals surface area contributed by atoms with Gasteiger partial charge in [0.15, 0.2) is 0 Å². The van der Waals surface area contributed by atoms with Crippen LogP contribution in [-0.2, 0) is 0 Å². The Hall–Kier alpha value is -0.0400. The van der Waals surface area contributed by atoms with E-state index in [0.717, 1.165) is 23.9 Å². The number of fused-ring (bicyclic) bond motifs is 2. The number of hydrogen-bond donors (Lipinski definition) is 1. The van der Waals surface area contributed by atoms with Crippen molar-refractivity contribution < 1.29 is 0 Å². The van der Waals surface area contributed by atoms with Crippen molar-refractivity contribution in [1.29, 1.82) is 0 Å². The predicted octanol–water partition coefficient (Wildman–Crippen LogP) is 3.20. The van der Waals surface area contributed by atoms with Gasteiger partial charge >= 0.3 is 0 Å². The molecule has 0 amide bonds. The van der Waals surface area contributed by atoms with Gasteiger partial charge in [-0.1, -0.05) is 27.7 Å². The zero-order valence-electron chi connectivity index (χ0n) is 10.6. The van der Waals surface area contributed by atoms with Crippen LogP contribution in [0.3, 0.4) is 0 Å². The average Bonchev–Trinajstić information content (AvgIpc) is 2.75. The highest BCUT2D eigenvalue weighted by molar-refractivity contribution is 5.14. The van der Waals surface area contributed by atoms with Crippen LogP contribution in [0.25, 0.3) is 0 Å². The Morgan fingerprint density at radius 3 is 2.20 bits per heavy atom. The average molecular weight is 207 g/mol. The van der Waals surface area contributed by atoms with Crippen LogP contribution in [-0.4, -0.2) is 12.1 Å². The molecule has 0 aliphatic heterocycles. The second-order valence-electron chi connectivity index (χ2n) is 7.15. The molecule has 3 aliphatic rings. The van der Waals surface area contributed by atoms with Crippen LogP contribution in [0, 0.1) is 22.7 Å². The molecule has 0 radical (unpaired) electrons. The largest absolute Gasteiger partial charge is 0.310 e. The molecule has 2 bridgehead atoms. The molecule has 0 heterocycles. The van der Waals surface area contributed by atoms with Crippen molar-refractivity contribution in [1.82, 2.24) is 5.32 Å². The molecule has 0 saturated heterocycles. The highest BCUT2D eigenvalue weighted by Gasteiger charge is 2.61. The standard InChI is InChI=1S/C14H25N/c1-9-7-11(9)15-12-8-10-5-6-14(12,4)13(10,2)3/h9-12,15H,5-8H2,1-4H3/t9?,10?,11?,12?,14-/m0/s1. The molecule has 0 aromatic heterocycles. The third-order valence-corrected chi connectivity index (χ3v) is 6.32. The van der Waals surface area contributed by atoms with Crippen LogP contribution < -0.4 is 5.32 Å². The van der Waals surface area contributed by atoms with E-state index in [1.807, 2.05) is 0 Å². The van der Waals surface area contributed by atoms with Crippen LogP contribution in [0.15, 0.2) is 0 Å². The Morgan fingerprint density at radius 2 is 1.80 bits per heavy atom. The van der Waals surface area contributed by atoms with Gasteiger partial charge in [0.05, 0.1) is 0 Å². The fourth-order valence-corrected chi connectivity index (χ4v) is 4.27. The first kappa shape index (κ1) is 10.1. The molecule has 3 aliphatic carbocycles. The summed E-state index contributed by atoms with van der Waals surface area (Å²) >= 11 is 0. The van der Waals surface area contributed by atoms with Gasteiger partial charge in [0.2, 0.25) is 0 Å². The molecular weight excluding hydrogens is 182 g/mol. The molecule has 1 nitrogen and oxygen atoms in total. The molecule has 4 unspecified atom stereocenters. The van der Waals surface area contributed by atoms with Crippen molar-refractivity contribution in [3.8, 4) is 0 Å². The SMILES string of the molecule is CC1CC1NC1CC2CC[C@]1(C)C2(C)C. The summed E-state index contributed by atoms with van der Waals surface area (Å²) in [5.74, 6) is 1.92. The smallest absolute Gasteiger partial charge is 0.0132 e. The van der Waals surface area contributed by atoms with Gasteiger partial charge in [-0.05, 0) is 48.3 Å². The zero-order chi connectivity index (χ0) is 10.8. The van der Waals surface area contributed by atoms with Gasteiger partial charge in [-0.25, -0.2) is 0 Å². The van der Waals surface area contributed by atoms with E-state index in [9.17, 15) is 0 Å². The summed E-state index contributed by atoms with van der Waals surface area (Å²) in [4.78, 5) is 0. The van der Waals surface area contributed by atoms with Crippen LogP contribution in [0.4, 0.5) is 0 Å². The van der Waals surface area contributed by atoms with E-state index < -0.39 is 0 Å². The van der Waals surface area contributed by atoms with Gasteiger partial charge < -0.3 is 5.32 Å². The van der Waals surface area contributed by atoms with E-state index in [0.29, 0.717) is 10.8 Å². The lowest BCUT2D eigenvalue weighted by atomic mass is 9.69. The van der Waals surface area contributed by atoms with Gasteiger partial charge in [-0.2, -0.15) is 0 Å². The second kappa shape index (κ2) is 2.80. The Labute approximate surface area is 94.0 Å². The third-order valence-electron chi connectivity index (χ3n) is 6.32. The highest BCUT2D eigenvalue weighted by atomic mass is 15.0. The summed E-state index contributed by atoms with van der Waals surface area (Å²) in [6.07, 6.45) is 5.77. The topological polar surface area (TPSA) is 12.0 Å². The van der Waals surface area contributed by atoms with Gasteiger partial charge in [0.25, 0.3) is 0 Å². The molecule has 15 heavy (non-hydrogen) atoms. The van der Waals surface area contributed by atoms with Crippen molar-refractivity contribution >= 4 is 0 Å². The van der Waals surface area contributed by atoms with Gasteiger partial charge in [0, 0.05) is 12.1 Å². The Balaban J connectivity index is 1.77. The third kappa shape index (κ3) is 1.19. The van der Waals surface area contributed by atoms with E-state index in [1.54, 1.807) is 0 Å². The summed E-state index contributed by atoms with van der Waals surface area (Å²) in [6, 6.07) is 1.66. The van der Waals surface area contributed by atoms with Crippen LogP contribution in [0.2, 0.25) is 0 Å². The molecule has 0 aromatic rings. The minimum atomic E-state index is 0.569. The summed E-state index contributed by atoms with van der Waals surface area (Å²) < 4.78 is 0. The molecule has 0 aromatic carbocycles. The lowest BCUT2D eigenvalue weighted by molar-refractivity contribution is 0.120. The maximum atomic E-state index is 3.93. The maximum absolute atomic E-state index is 3.93. The van der Waals surface area contributed by atoms with Crippen molar-refractivity contribution in [2.24, 2.45) is 22.7 Å². The highest BCUT2D eigenvalue weighted by Crippen LogP contribution is 2.65. The first-order chi connectivity index (χ1) is 6.95. The minimum Gasteiger partial charge on any atom is -0.310 e. The summed E-state index contributed by atoms with van der Waals surface area (Å²) in [6.45, 7) is 9.91. The van der Waals surface area contributed by atoms with E-state index in [4.69, 9.17) is 0 Å². The Bertz CT molecular complexity index is 283. The lowest BCUT2D eigenvalue weighted by Gasteiger charge is -2.39. The molecule has 3 fully saturated rings. The first-order valence-corrected chi connectivity index (χ1v) is 6.71. The molecule has 1 heteroatoms. The second-order valence-corrected chi connectivity index (χ2v) is 7.15. The van der Waals surface area contributed by atoms with Crippen molar-refractivity contribution in [3.05, 3.63) is 0 Å². The molecular formula is C14H25N. The summed E-state index contributed by atoms with van der Waals surface area (Å²) in [5.41, 5.74) is 1.14. The van der Waals surface area contributed by atoms with Crippen molar-refractivity contribution in [3.63, 3.8) is 0 Å². The molecule has 1 N–H and O–H groups in total. The van der Waals surface area contributed by atoms with Crippen LogP contribution in [0.1, 0.15) is 53.4 Å². The zero-order valence-corrected chi connectivity index (χ0v) is 10.6. The van der Waals surface area contributed by atoms with Crippen molar-refractivity contribution in [2.45, 2.75) is 65.5 Å². The minimum absolute atomic E-state index is 0.569. The van der Waals surface area contributed by atoms with Crippen LogP contribution in [0.5, 0.6) is 0 Å². The molecule has 3 saturated carbocycles. The normalized spacial score (nSPS) is 56.0. The van der Waals surface area contributed by atoms with E-state index in [2.05, 4.69) is 33.0 Å². The van der Waals surface area contributed by atoms with Crippen LogP contribution >= 0.6 is 0 Å². The Morgan fingerprint density at radius 1 is 1.13 bits per heavy atom. The number of nitrogens with one attached hydrogen (secondary N) is 1. The lowest BCUT2D eigenvalue weighted by Crippen LogP contribution is -2.45. The van der Waals surface area contributed by atoms with E-state index >= 15 is 0 Å². The van der Waals surface area contributed by atoms with Gasteiger partial charge in [-0.3, -0.25) is 0 Å². The van der Waals surface area contributed by atoms with E-state index in [1.165, 1.54) is 25.7 Å². The number of rotatable bonds is 2. The summed E-state index contributed by atoms with van der Waals surface area (Å²) in [7, 11) is 0. The first-order valence-electron chi connectivity index (χ1n) is 6.71. The maximum Gasteiger partial charge on any atom is 0.0132 e. The fraction of sp³-hybridized carbons (Fsp3) is 1.00. The van der Waals surface area contributed by atoms with Crippen molar-refractivity contribution in [2.75, 3.05) is 0 Å². The van der Waals surface area contributed by atoms with E-state index in [-0.39, 0.29) is 0 Å². The summed E-state index contributed by atoms with van der Waals surface area (Å²) in [5, 5.41) is 3.93. The molecule has 3 rings (SSSR count). The quantitative estimate of drug-likeness (QED) is 0.733. The molecule has 0 spiro atoms. The number of hydrogen-bond acceptors (Lipinski definition) is 1. The molecule has 86 valence electrons. The van der Waals surface area contributed by atoms with Gasteiger partial charge in [-0.15, -0.1) is 0 Å². The Kier molecular flexibility index (Phi) is 1.89. The monoisotopic (exact) mass is 207 g/mol. The fourth-order valence-electron chi connectivity index (χ4n) is 4.27. The predicted molar refractivity (Wildman–Crippen MR) is 63.7 cm³/mol. The molecule has 5 atom stereocenters.